The van der Waals surface area contributed by atoms with Crippen molar-refractivity contribution in [3.05, 3.63) is 12.7 Å². The second-order valence-electron chi connectivity index (χ2n) is 2.21. The lowest BCUT2D eigenvalue weighted by Gasteiger charge is -2.04. The van der Waals surface area contributed by atoms with Crippen molar-refractivity contribution >= 4 is 5.97 Å². The fraction of sp³-hybridized carbons (Fsp3) is 0.571. The van der Waals surface area contributed by atoms with E-state index in [-0.39, 0.29) is 11.9 Å². The second-order valence-corrected chi connectivity index (χ2v) is 2.21. The fourth-order valence-corrected chi connectivity index (χ4v) is 0.290. The minimum Gasteiger partial charge on any atom is -0.370 e. The molecule has 0 radical (unpaired) electrons. The monoisotopic (exact) mass is 143 g/mol. The van der Waals surface area contributed by atoms with Gasteiger partial charge in [0.1, 0.15) is 0 Å². The number of carbonyl (C=O) groups is 1. The summed E-state index contributed by atoms with van der Waals surface area (Å²) in [7, 11) is 0. The lowest BCUT2D eigenvalue weighted by Crippen LogP contribution is -2.23. The van der Waals surface area contributed by atoms with Crippen molar-refractivity contribution < 1.29 is 9.63 Å². The average Bonchev–Trinajstić information content (AvgIpc) is 1.88. The standard InChI is InChI=1S/C7H13NO2/c1-4-5-8-10-7(9)6(2)3/h4,6,8H,1,5H2,2-3H3. The third-order valence-electron chi connectivity index (χ3n) is 0.872. The summed E-state index contributed by atoms with van der Waals surface area (Å²) >= 11 is 0. The van der Waals surface area contributed by atoms with Crippen LogP contribution in [0.2, 0.25) is 0 Å². The van der Waals surface area contributed by atoms with Crippen LogP contribution in [-0.4, -0.2) is 12.5 Å². The molecule has 0 spiro atoms. The number of hydrogen-bond donors (Lipinski definition) is 1. The van der Waals surface area contributed by atoms with Gasteiger partial charge in [-0.1, -0.05) is 19.9 Å². The quantitative estimate of drug-likeness (QED) is 0.360. The predicted molar refractivity (Wildman–Crippen MR) is 39.1 cm³/mol. The summed E-state index contributed by atoms with van der Waals surface area (Å²) in [6.45, 7) is 7.48. The number of hydrogen-bond acceptors (Lipinski definition) is 3. The van der Waals surface area contributed by atoms with Gasteiger partial charge in [0.25, 0.3) is 0 Å². The van der Waals surface area contributed by atoms with E-state index in [1.54, 1.807) is 19.9 Å². The normalized spacial score (nSPS) is 9.50. The SMILES string of the molecule is C=CCNOC(=O)C(C)C. The smallest absolute Gasteiger partial charge is 0.327 e. The zero-order valence-corrected chi connectivity index (χ0v) is 6.39. The molecule has 0 bridgehead atoms. The zero-order valence-electron chi connectivity index (χ0n) is 6.39. The van der Waals surface area contributed by atoms with Crippen molar-refractivity contribution in [2.45, 2.75) is 13.8 Å². The average molecular weight is 143 g/mol. The largest absolute Gasteiger partial charge is 0.370 e. The molecule has 0 unspecified atom stereocenters. The minimum atomic E-state index is -0.248. The van der Waals surface area contributed by atoms with Crippen LogP contribution in [0, 0.1) is 5.92 Å². The van der Waals surface area contributed by atoms with E-state index in [4.69, 9.17) is 0 Å². The Balaban J connectivity index is 3.30. The topological polar surface area (TPSA) is 38.3 Å². The van der Waals surface area contributed by atoms with E-state index in [1.165, 1.54) is 0 Å². The molecule has 1 N–H and O–H groups in total. The summed E-state index contributed by atoms with van der Waals surface area (Å²) in [6, 6.07) is 0. The first kappa shape index (κ1) is 9.17. The van der Waals surface area contributed by atoms with E-state index in [0.29, 0.717) is 6.54 Å². The Bertz CT molecular complexity index is 121. The van der Waals surface area contributed by atoms with Crippen LogP contribution in [0.4, 0.5) is 0 Å². The number of nitrogens with one attached hydrogen (secondary N) is 1. The molecule has 0 aromatic carbocycles. The summed E-state index contributed by atoms with van der Waals surface area (Å²) in [4.78, 5) is 15.3. The molecule has 0 amide bonds. The maximum absolute atomic E-state index is 10.7. The van der Waals surface area contributed by atoms with Crippen LogP contribution < -0.4 is 5.48 Å². The highest BCUT2D eigenvalue weighted by molar-refractivity contribution is 5.71. The van der Waals surface area contributed by atoms with E-state index in [1.807, 2.05) is 0 Å². The molecule has 3 nitrogen and oxygen atoms in total. The van der Waals surface area contributed by atoms with Crippen LogP contribution in [0.5, 0.6) is 0 Å². The Kier molecular flexibility index (Phi) is 4.58. The fourth-order valence-electron chi connectivity index (χ4n) is 0.290. The highest BCUT2D eigenvalue weighted by Gasteiger charge is 2.06. The molecule has 0 fully saturated rings. The molecule has 0 aliphatic heterocycles. The van der Waals surface area contributed by atoms with Gasteiger partial charge in [0.15, 0.2) is 0 Å². The molecule has 0 heterocycles. The molecule has 0 aromatic heterocycles. The Morgan fingerprint density at radius 3 is 2.80 bits per heavy atom. The van der Waals surface area contributed by atoms with E-state index >= 15 is 0 Å². The third-order valence-corrected chi connectivity index (χ3v) is 0.872. The van der Waals surface area contributed by atoms with Crippen molar-refractivity contribution in [2.75, 3.05) is 6.54 Å². The van der Waals surface area contributed by atoms with Crippen LogP contribution >= 0.6 is 0 Å². The maximum Gasteiger partial charge on any atom is 0.327 e. The van der Waals surface area contributed by atoms with Crippen LogP contribution in [0.1, 0.15) is 13.8 Å². The van der Waals surface area contributed by atoms with Gasteiger partial charge >= 0.3 is 5.97 Å². The van der Waals surface area contributed by atoms with Crippen LogP contribution in [-0.2, 0) is 9.63 Å². The van der Waals surface area contributed by atoms with Crippen LogP contribution in [0.15, 0.2) is 12.7 Å². The van der Waals surface area contributed by atoms with Gasteiger partial charge in [0.2, 0.25) is 0 Å². The molecule has 10 heavy (non-hydrogen) atoms. The summed E-state index contributed by atoms with van der Waals surface area (Å²) in [5.41, 5.74) is 2.45. The Morgan fingerprint density at radius 1 is 1.80 bits per heavy atom. The summed E-state index contributed by atoms with van der Waals surface area (Å²) in [5, 5.41) is 0. The molecule has 3 heteroatoms. The molecule has 0 saturated carbocycles. The van der Waals surface area contributed by atoms with Gasteiger partial charge in [-0.25, -0.2) is 0 Å². The van der Waals surface area contributed by atoms with Crippen molar-refractivity contribution in [1.82, 2.24) is 5.48 Å². The first-order chi connectivity index (χ1) is 4.68. The van der Waals surface area contributed by atoms with Gasteiger partial charge in [-0.2, -0.15) is 0 Å². The lowest BCUT2D eigenvalue weighted by molar-refractivity contribution is -0.154. The highest BCUT2D eigenvalue weighted by atomic mass is 16.7. The molecule has 0 saturated heterocycles. The van der Waals surface area contributed by atoms with Crippen molar-refractivity contribution in [3.8, 4) is 0 Å². The predicted octanol–water partition coefficient (Wildman–Crippen LogP) is 0.876. The molecular formula is C7H13NO2. The summed E-state index contributed by atoms with van der Waals surface area (Å²) in [6.07, 6.45) is 1.62. The summed E-state index contributed by atoms with van der Waals surface area (Å²) in [5.74, 6) is -0.334. The molecule has 58 valence electrons. The van der Waals surface area contributed by atoms with Gasteiger partial charge in [-0.05, 0) is 0 Å². The van der Waals surface area contributed by atoms with Crippen molar-refractivity contribution in [3.63, 3.8) is 0 Å². The minimum absolute atomic E-state index is 0.0858. The maximum atomic E-state index is 10.7. The molecular weight excluding hydrogens is 130 g/mol. The molecule has 0 rings (SSSR count). The van der Waals surface area contributed by atoms with Crippen LogP contribution in [0.3, 0.4) is 0 Å². The molecule has 0 aromatic rings. The molecule has 0 atom stereocenters. The number of hydroxylamine groups is 1. The molecule has 0 aliphatic carbocycles. The van der Waals surface area contributed by atoms with E-state index in [0.717, 1.165) is 0 Å². The van der Waals surface area contributed by atoms with Crippen molar-refractivity contribution in [1.29, 1.82) is 0 Å². The van der Waals surface area contributed by atoms with Gasteiger partial charge < -0.3 is 4.84 Å². The summed E-state index contributed by atoms with van der Waals surface area (Å²) < 4.78 is 0. The second kappa shape index (κ2) is 4.99. The number of rotatable bonds is 4. The Hall–Kier alpha value is -0.830. The van der Waals surface area contributed by atoms with E-state index in [2.05, 4.69) is 16.9 Å². The Morgan fingerprint density at radius 2 is 2.40 bits per heavy atom. The molecule has 0 aliphatic rings. The lowest BCUT2D eigenvalue weighted by atomic mass is 10.2. The zero-order chi connectivity index (χ0) is 7.98. The first-order valence-corrected chi connectivity index (χ1v) is 3.23. The van der Waals surface area contributed by atoms with E-state index < -0.39 is 0 Å². The van der Waals surface area contributed by atoms with Gasteiger partial charge in [-0.15, -0.1) is 12.1 Å². The third kappa shape index (κ3) is 4.09. The van der Waals surface area contributed by atoms with Gasteiger partial charge in [0, 0.05) is 6.54 Å². The van der Waals surface area contributed by atoms with Gasteiger partial charge in [0.05, 0.1) is 5.92 Å². The number of carbonyl (C=O) groups excluding carboxylic acids is 1. The highest BCUT2D eigenvalue weighted by Crippen LogP contribution is 1.92. The van der Waals surface area contributed by atoms with Crippen LogP contribution in [0.25, 0.3) is 0 Å². The Labute approximate surface area is 61.0 Å². The first-order valence-electron chi connectivity index (χ1n) is 3.23. The van der Waals surface area contributed by atoms with Crippen molar-refractivity contribution in [2.24, 2.45) is 5.92 Å². The van der Waals surface area contributed by atoms with Gasteiger partial charge in [-0.3, -0.25) is 4.79 Å². The van der Waals surface area contributed by atoms with E-state index in [9.17, 15) is 4.79 Å².